The summed E-state index contributed by atoms with van der Waals surface area (Å²) in [6.45, 7) is 5.28. The monoisotopic (exact) mass is 165 g/mol. The summed E-state index contributed by atoms with van der Waals surface area (Å²) in [6.07, 6.45) is 1.63. The molecule has 62 valence electrons. The summed E-state index contributed by atoms with van der Waals surface area (Å²) in [5, 5.41) is 0. The number of halogens is 1. The molecule has 1 atom stereocenters. The molecular formula is C7H16ClNO. The van der Waals surface area contributed by atoms with Crippen LogP contribution < -0.4 is 0 Å². The highest BCUT2D eigenvalue weighted by atomic mass is 35.5. The van der Waals surface area contributed by atoms with Crippen LogP contribution in [0.3, 0.4) is 0 Å². The van der Waals surface area contributed by atoms with Gasteiger partial charge in [-0.1, -0.05) is 6.92 Å². The van der Waals surface area contributed by atoms with Crippen LogP contribution >= 0.6 is 12.4 Å². The predicted octanol–water partition coefficient (Wildman–Crippen LogP) is 1.15. The Morgan fingerprint density at radius 2 is 2.30 bits per heavy atom. The van der Waals surface area contributed by atoms with Gasteiger partial charge in [-0.15, -0.1) is 12.4 Å². The van der Waals surface area contributed by atoms with E-state index in [-0.39, 0.29) is 12.4 Å². The number of ether oxygens (including phenoxy) is 1. The van der Waals surface area contributed by atoms with Gasteiger partial charge in [0.15, 0.2) is 0 Å². The fourth-order valence-corrected chi connectivity index (χ4v) is 1.11. The van der Waals surface area contributed by atoms with Crippen molar-refractivity contribution < 1.29 is 4.74 Å². The van der Waals surface area contributed by atoms with Crippen molar-refractivity contribution in [1.29, 1.82) is 0 Å². The summed E-state index contributed by atoms with van der Waals surface area (Å²) in [7, 11) is 2.14. The largest absolute Gasteiger partial charge is 0.376 e. The van der Waals surface area contributed by atoms with E-state index >= 15 is 0 Å². The third kappa shape index (κ3) is 2.86. The Kier molecular flexibility index (Phi) is 5.04. The molecule has 1 saturated heterocycles. The van der Waals surface area contributed by atoms with E-state index in [1.54, 1.807) is 0 Å². The average Bonchev–Trinajstić information content (AvgIpc) is 1.88. The van der Waals surface area contributed by atoms with Crippen molar-refractivity contribution in [2.75, 3.05) is 26.7 Å². The zero-order valence-electron chi connectivity index (χ0n) is 6.67. The molecule has 1 unspecified atom stereocenters. The van der Waals surface area contributed by atoms with Crippen LogP contribution in [0.4, 0.5) is 0 Å². The smallest absolute Gasteiger partial charge is 0.0699 e. The third-order valence-corrected chi connectivity index (χ3v) is 1.80. The van der Waals surface area contributed by atoms with E-state index in [1.165, 1.54) is 0 Å². The van der Waals surface area contributed by atoms with Gasteiger partial charge >= 0.3 is 0 Å². The molecule has 1 fully saturated rings. The molecule has 0 N–H and O–H groups in total. The van der Waals surface area contributed by atoms with Crippen LogP contribution in [0.15, 0.2) is 0 Å². The highest BCUT2D eigenvalue weighted by Gasteiger charge is 2.14. The van der Waals surface area contributed by atoms with E-state index in [0.717, 1.165) is 26.1 Å². The second-order valence-electron chi connectivity index (χ2n) is 2.66. The molecule has 0 aromatic rings. The van der Waals surface area contributed by atoms with Gasteiger partial charge in [0, 0.05) is 13.1 Å². The summed E-state index contributed by atoms with van der Waals surface area (Å²) in [5.41, 5.74) is 0. The Labute approximate surface area is 68.9 Å². The predicted molar refractivity (Wildman–Crippen MR) is 44.8 cm³/mol. The summed E-state index contributed by atoms with van der Waals surface area (Å²) in [4.78, 5) is 2.32. The Bertz CT molecular complexity index is 89.7. The highest BCUT2D eigenvalue weighted by molar-refractivity contribution is 5.85. The van der Waals surface area contributed by atoms with Crippen LogP contribution in [-0.4, -0.2) is 37.7 Å². The van der Waals surface area contributed by atoms with Crippen molar-refractivity contribution >= 4 is 12.4 Å². The zero-order valence-corrected chi connectivity index (χ0v) is 7.49. The van der Waals surface area contributed by atoms with Crippen molar-refractivity contribution in [2.24, 2.45) is 0 Å². The van der Waals surface area contributed by atoms with Gasteiger partial charge in [0.1, 0.15) is 0 Å². The van der Waals surface area contributed by atoms with Crippen LogP contribution in [-0.2, 0) is 4.74 Å². The molecule has 0 amide bonds. The molecule has 0 saturated carbocycles. The van der Waals surface area contributed by atoms with Crippen LogP contribution in [0.25, 0.3) is 0 Å². The van der Waals surface area contributed by atoms with E-state index in [9.17, 15) is 0 Å². The minimum absolute atomic E-state index is 0. The lowest BCUT2D eigenvalue weighted by Gasteiger charge is -2.29. The highest BCUT2D eigenvalue weighted by Crippen LogP contribution is 2.04. The number of rotatable bonds is 1. The number of nitrogens with zero attached hydrogens (tertiary/aromatic N) is 1. The molecule has 1 aliphatic heterocycles. The van der Waals surface area contributed by atoms with Crippen molar-refractivity contribution in [3.63, 3.8) is 0 Å². The van der Waals surface area contributed by atoms with Crippen molar-refractivity contribution in [3.8, 4) is 0 Å². The second-order valence-corrected chi connectivity index (χ2v) is 2.66. The fourth-order valence-electron chi connectivity index (χ4n) is 1.11. The van der Waals surface area contributed by atoms with Crippen LogP contribution in [0.2, 0.25) is 0 Å². The zero-order chi connectivity index (χ0) is 6.69. The van der Waals surface area contributed by atoms with Gasteiger partial charge in [-0.2, -0.15) is 0 Å². The van der Waals surface area contributed by atoms with Gasteiger partial charge < -0.3 is 9.64 Å². The molecule has 2 nitrogen and oxygen atoms in total. The van der Waals surface area contributed by atoms with Crippen LogP contribution in [0.5, 0.6) is 0 Å². The Balaban J connectivity index is 0.000000810. The second kappa shape index (κ2) is 4.94. The average molecular weight is 166 g/mol. The van der Waals surface area contributed by atoms with Gasteiger partial charge in [0.25, 0.3) is 0 Å². The van der Waals surface area contributed by atoms with Gasteiger partial charge in [-0.25, -0.2) is 0 Å². The lowest BCUT2D eigenvalue weighted by Crippen LogP contribution is -2.39. The number of morpholine rings is 1. The molecule has 0 aliphatic carbocycles. The van der Waals surface area contributed by atoms with Crippen molar-refractivity contribution in [2.45, 2.75) is 19.4 Å². The van der Waals surface area contributed by atoms with E-state index in [4.69, 9.17) is 4.74 Å². The maximum Gasteiger partial charge on any atom is 0.0699 e. The molecule has 0 aromatic carbocycles. The molecule has 1 aliphatic rings. The number of hydrogen-bond donors (Lipinski definition) is 0. The standard InChI is InChI=1S/C7H15NO.ClH/c1-3-7-6-8(2)4-5-9-7;/h7H,3-6H2,1-2H3;1H. The van der Waals surface area contributed by atoms with Gasteiger partial charge in [-0.05, 0) is 13.5 Å². The van der Waals surface area contributed by atoms with E-state index in [2.05, 4.69) is 18.9 Å². The normalized spacial score (nSPS) is 27.6. The van der Waals surface area contributed by atoms with Gasteiger partial charge in [0.05, 0.1) is 12.7 Å². The van der Waals surface area contributed by atoms with Gasteiger partial charge in [0.2, 0.25) is 0 Å². The molecular weight excluding hydrogens is 150 g/mol. The first-order valence-electron chi connectivity index (χ1n) is 3.63. The SMILES string of the molecule is CCC1CN(C)CCO1.Cl. The molecule has 0 bridgehead atoms. The van der Waals surface area contributed by atoms with E-state index in [1.807, 2.05) is 0 Å². The topological polar surface area (TPSA) is 12.5 Å². The Hall–Kier alpha value is 0.210. The van der Waals surface area contributed by atoms with Crippen LogP contribution in [0.1, 0.15) is 13.3 Å². The van der Waals surface area contributed by atoms with E-state index in [0.29, 0.717) is 6.10 Å². The maximum atomic E-state index is 5.46. The summed E-state index contributed by atoms with van der Waals surface area (Å²) in [6, 6.07) is 0. The molecule has 0 spiro atoms. The minimum atomic E-state index is 0. The molecule has 10 heavy (non-hydrogen) atoms. The molecule has 0 radical (unpaired) electrons. The molecule has 1 heterocycles. The van der Waals surface area contributed by atoms with E-state index < -0.39 is 0 Å². The molecule has 3 heteroatoms. The molecule has 0 aromatic heterocycles. The Morgan fingerprint density at radius 1 is 1.60 bits per heavy atom. The first-order chi connectivity index (χ1) is 4.33. The van der Waals surface area contributed by atoms with Gasteiger partial charge in [-0.3, -0.25) is 0 Å². The quantitative estimate of drug-likeness (QED) is 0.578. The Morgan fingerprint density at radius 3 is 2.70 bits per heavy atom. The molecule has 1 rings (SSSR count). The fraction of sp³-hybridized carbons (Fsp3) is 1.00. The number of hydrogen-bond acceptors (Lipinski definition) is 2. The number of likely N-dealkylation sites (N-methyl/N-ethyl adjacent to an activating group) is 1. The van der Waals surface area contributed by atoms with Crippen LogP contribution in [0, 0.1) is 0 Å². The van der Waals surface area contributed by atoms with Crippen molar-refractivity contribution in [1.82, 2.24) is 4.90 Å². The summed E-state index contributed by atoms with van der Waals surface area (Å²) >= 11 is 0. The lowest BCUT2D eigenvalue weighted by atomic mass is 10.2. The first kappa shape index (κ1) is 10.2. The first-order valence-corrected chi connectivity index (χ1v) is 3.63. The summed E-state index contributed by atoms with van der Waals surface area (Å²) in [5.74, 6) is 0. The third-order valence-electron chi connectivity index (χ3n) is 1.80. The van der Waals surface area contributed by atoms with Crippen molar-refractivity contribution in [3.05, 3.63) is 0 Å². The lowest BCUT2D eigenvalue weighted by molar-refractivity contribution is -0.0206. The minimum Gasteiger partial charge on any atom is -0.376 e. The summed E-state index contributed by atoms with van der Waals surface area (Å²) < 4.78 is 5.46. The maximum absolute atomic E-state index is 5.46.